The molecule has 0 aliphatic carbocycles. The average Bonchev–Trinajstić information content (AvgIpc) is 2.65. The van der Waals surface area contributed by atoms with E-state index in [9.17, 15) is 5.11 Å². The Bertz CT molecular complexity index is 442. The zero-order valence-corrected chi connectivity index (χ0v) is 9.71. The molecule has 1 N–H and O–H groups in total. The Morgan fingerprint density at radius 3 is 2.27 bits per heavy atom. The van der Waals surface area contributed by atoms with E-state index in [-0.39, 0.29) is 0 Å². The molecule has 0 amide bonds. The molecule has 1 aromatic heterocycles. The third kappa shape index (κ3) is 2.28. The second-order valence-corrected chi connectivity index (χ2v) is 4.92. The molecular formula is C13H14OS. The zero-order valence-electron chi connectivity index (χ0n) is 8.90. The smallest absolute Gasteiger partial charge is 0.105 e. The summed E-state index contributed by atoms with van der Waals surface area (Å²) in [7, 11) is 0. The minimum absolute atomic E-state index is 0.490. The highest BCUT2D eigenvalue weighted by atomic mass is 32.1. The van der Waals surface area contributed by atoms with Crippen molar-refractivity contribution in [3.63, 3.8) is 0 Å². The van der Waals surface area contributed by atoms with Crippen molar-refractivity contribution < 1.29 is 5.11 Å². The van der Waals surface area contributed by atoms with E-state index >= 15 is 0 Å². The molecular weight excluding hydrogens is 204 g/mol. The van der Waals surface area contributed by atoms with E-state index in [1.165, 1.54) is 10.4 Å². The normalized spacial score (nSPS) is 12.7. The molecule has 15 heavy (non-hydrogen) atoms. The van der Waals surface area contributed by atoms with Crippen LogP contribution in [0.1, 0.15) is 27.7 Å². The molecule has 0 spiro atoms. The van der Waals surface area contributed by atoms with Gasteiger partial charge in [0.2, 0.25) is 0 Å². The molecule has 0 saturated carbocycles. The van der Waals surface area contributed by atoms with Gasteiger partial charge in [0.1, 0.15) is 6.10 Å². The molecule has 2 aromatic rings. The summed E-state index contributed by atoms with van der Waals surface area (Å²) in [4.78, 5) is 1.23. The van der Waals surface area contributed by atoms with Crippen LogP contribution in [-0.4, -0.2) is 5.11 Å². The van der Waals surface area contributed by atoms with E-state index in [1.54, 1.807) is 11.3 Å². The van der Waals surface area contributed by atoms with E-state index in [1.807, 2.05) is 42.6 Å². The standard InChI is InChI=1S/C13H14OS/c1-9-3-5-11(6-4-9)13(14)12-7-10(2)15-8-12/h3-8,13-14H,1-2H3. The lowest BCUT2D eigenvalue weighted by molar-refractivity contribution is 0.221. The van der Waals surface area contributed by atoms with Crippen molar-refractivity contribution in [1.82, 2.24) is 0 Å². The molecule has 1 nitrogen and oxygen atoms in total. The number of aliphatic hydroxyl groups excluding tert-OH is 1. The molecule has 0 saturated heterocycles. The van der Waals surface area contributed by atoms with Gasteiger partial charge in [-0.3, -0.25) is 0 Å². The van der Waals surface area contributed by atoms with Gasteiger partial charge in [0.05, 0.1) is 0 Å². The van der Waals surface area contributed by atoms with Crippen molar-refractivity contribution in [2.45, 2.75) is 20.0 Å². The van der Waals surface area contributed by atoms with Gasteiger partial charge in [-0.1, -0.05) is 29.8 Å². The molecule has 1 aromatic carbocycles. The maximum atomic E-state index is 10.1. The lowest BCUT2D eigenvalue weighted by Gasteiger charge is -2.09. The second kappa shape index (κ2) is 4.17. The summed E-state index contributed by atoms with van der Waals surface area (Å²) in [6.07, 6.45) is -0.490. The van der Waals surface area contributed by atoms with Gasteiger partial charge >= 0.3 is 0 Å². The van der Waals surface area contributed by atoms with Crippen LogP contribution in [0.3, 0.4) is 0 Å². The molecule has 78 valence electrons. The molecule has 2 heteroatoms. The van der Waals surface area contributed by atoms with Gasteiger partial charge in [-0.2, -0.15) is 0 Å². The van der Waals surface area contributed by atoms with Crippen LogP contribution >= 0.6 is 11.3 Å². The lowest BCUT2D eigenvalue weighted by atomic mass is 10.0. The van der Waals surface area contributed by atoms with E-state index in [0.717, 1.165) is 11.1 Å². The van der Waals surface area contributed by atoms with E-state index < -0.39 is 6.10 Å². The van der Waals surface area contributed by atoms with Gasteiger partial charge in [-0.05, 0) is 36.4 Å². The predicted octanol–water partition coefficient (Wildman–Crippen LogP) is 3.45. The summed E-state index contributed by atoms with van der Waals surface area (Å²) in [6.45, 7) is 4.10. The van der Waals surface area contributed by atoms with Gasteiger partial charge in [-0.15, -0.1) is 11.3 Å². The van der Waals surface area contributed by atoms with Crippen LogP contribution in [0, 0.1) is 13.8 Å². The Hall–Kier alpha value is -1.12. The monoisotopic (exact) mass is 218 g/mol. The van der Waals surface area contributed by atoms with Gasteiger partial charge in [0.15, 0.2) is 0 Å². The van der Waals surface area contributed by atoms with E-state index in [0.29, 0.717) is 0 Å². The van der Waals surface area contributed by atoms with Crippen LogP contribution < -0.4 is 0 Å². The summed E-state index contributed by atoms with van der Waals surface area (Å²) in [5.74, 6) is 0. The molecule has 2 rings (SSSR count). The van der Waals surface area contributed by atoms with Gasteiger partial charge in [-0.25, -0.2) is 0 Å². The fourth-order valence-electron chi connectivity index (χ4n) is 1.55. The molecule has 1 heterocycles. The number of aliphatic hydroxyl groups is 1. The van der Waals surface area contributed by atoms with Crippen LogP contribution in [0.5, 0.6) is 0 Å². The SMILES string of the molecule is Cc1ccc(C(O)c2csc(C)c2)cc1. The zero-order chi connectivity index (χ0) is 10.8. The molecule has 0 aliphatic rings. The van der Waals surface area contributed by atoms with Gasteiger partial charge in [0.25, 0.3) is 0 Å². The first-order chi connectivity index (χ1) is 7.16. The number of benzene rings is 1. The van der Waals surface area contributed by atoms with Crippen molar-refractivity contribution in [1.29, 1.82) is 0 Å². The first kappa shape index (κ1) is 10.4. The summed E-state index contributed by atoms with van der Waals surface area (Å²) >= 11 is 1.67. The van der Waals surface area contributed by atoms with Crippen LogP contribution in [0.4, 0.5) is 0 Å². The number of rotatable bonds is 2. The van der Waals surface area contributed by atoms with E-state index in [2.05, 4.69) is 6.92 Å². The number of aryl methyl sites for hydroxylation is 2. The average molecular weight is 218 g/mol. The third-order valence-electron chi connectivity index (χ3n) is 2.46. The minimum atomic E-state index is -0.490. The highest BCUT2D eigenvalue weighted by molar-refractivity contribution is 7.10. The Morgan fingerprint density at radius 2 is 1.73 bits per heavy atom. The summed E-state index contributed by atoms with van der Waals surface area (Å²) in [6, 6.07) is 10.0. The fraction of sp³-hybridized carbons (Fsp3) is 0.231. The largest absolute Gasteiger partial charge is 0.384 e. The molecule has 0 fully saturated rings. The number of thiophene rings is 1. The molecule has 0 bridgehead atoms. The second-order valence-electron chi connectivity index (χ2n) is 3.80. The Kier molecular flexibility index (Phi) is 2.89. The van der Waals surface area contributed by atoms with Crippen molar-refractivity contribution in [3.05, 3.63) is 57.3 Å². The highest BCUT2D eigenvalue weighted by Crippen LogP contribution is 2.26. The Balaban J connectivity index is 2.28. The maximum absolute atomic E-state index is 10.1. The topological polar surface area (TPSA) is 20.2 Å². The van der Waals surface area contributed by atoms with Crippen molar-refractivity contribution in [3.8, 4) is 0 Å². The molecule has 1 unspecified atom stereocenters. The first-order valence-electron chi connectivity index (χ1n) is 4.96. The fourth-order valence-corrected chi connectivity index (χ4v) is 2.27. The van der Waals surface area contributed by atoms with Gasteiger partial charge in [0, 0.05) is 4.88 Å². The summed E-state index contributed by atoms with van der Waals surface area (Å²) in [5, 5.41) is 12.1. The minimum Gasteiger partial charge on any atom is -0.384 e. The van der Waals surface area contributed by atoms with Crippen LogP contribution in [0.15, 0.2) is 35.7 Å². The van der Waals surface area contributed by atoms with E-state index in [4.69, 9.17) is 0 Å². The van der Waals surface area contributed by atoms with Crippen LogP contribution in [0.2, 0.25) is 0 Å². The quantitative estimate of drug-likeness (QED) is 0.818. The number of hydrogen-bond acceptors (Lipinski definition) is 2. The Morgan fingerprint density at radius 1 is 1.07 bits per heavy atom. The predicted molar refractivity (Wildman–Crippen MR) is 64.3 cm³/mol. The lowest BCUT2D eigenvalue weighted by Crippen LogP contribution is -1.97. The Labute approximate surface area is 94.0 Å². The van der Waals surface area contributed by atoms with Crippen molar-refractivity contribution in [2.24, 2.45) is 0 Å². The van der Waals surface area contributed by atoms with Crippen LogP contribution in [-0.2, 0) is 0 Å². The third-order valence-corrected chi connectivity index (χ3v) is 3.34. The van der Waals surface area contributed by atoms with Crippen LogP contribution in [0.25, 0.3) is 0 Å². The van der Waals surface area contributed by atoms with Gasteiger partial charge < -0.3 is 5.11 Å². The maximum Gasteiger partial charge on any atom is 0.105 e. The summed E-state index contributed by atoms with van der Waals surface area (Å²) < 4.78 is 0. The van der Waals surface area contributed by atoms with Crippen molar-refractivity contribution in [2.75, 3.05) is 0 Å². The number of hydrogen-bond donors (Lipinski definition) is 1. The first-order valence-corrected chi connectivity index (χ1v) is 5.84. The molecule has 1 atom stereocenters. The molecule has 0 radical (unpaired) electrons. The van der Waals surface area contributed by atoms with Crippen molar-refractivity contribution >= 4 is 11.3 Å². The highest BCUT2D eigenvalue weighted by Gasteiger charge is 2.10. The summed E-state index contributed by atoms with van der Waals surface area (Å²) in [5.41, 5.74) is 3.16. The molecule has 0 aliphatic heterocycles.